The van der Waals surface area contributed by atoms with Crippen molar-refractivity contribution < 1.29 is 0 Å². The number of fused-ring (bicyclic) bond motifs is 9. The van der Waals surface area contributed by atoms with Gasteiger partial charge in [0.1, 0.15) is 17.3 Å². The Morgan fingerprint density at radius 2 is 0.662 bits per heavy atom. The monoisotopic (exact) mass is 975 g/mol. The average Bonchev–Trinajstić information content (AvgIpc) is 4.32. The Morgan fingerprint density at radius 1 is 0.286 bits per heavy atom. The molecule has 0 aliphatic carbocycles. The first-order valence-corrected chi connectivity index (χ1v) is 26.1. The molecule has 6 aromatic heterocycles. The lowest BCUT2D eigenvalue weighted by Gasteiger charge is -2.28. The second-order valence-electron chi connectivity index (χ2n) is 20.4. The Hall–Kier alpha value is -10.7. The molecule has 7 heteroatoms. The second kappa shape index (κ2) is 14.8. The van der Waals surface area contributed by atoms with Gasteiger partial charge in [0.2, 0.25) is 0 Å². The van der Waals surface area contributed by atoms with Crippen LogP contribution in [-0.4, -0.2) is 28.7 Å². The quantitative estimate of drug-likeness (QED) is 0.161. The largest absolute Gasteiger partial charge is 0.307 e. The molecule has 0 spiro atoms. The van der Waals surface area contributed by atoms with Crippen LogP contribution < -0.4 is 0 Å². The zero-order valence-corrected chi connectivity index (χ0v) is 41.0. The lowest BCUT2D eigenvalue weighted by Crippen LogP contribution is -2.13. The molecule has 12 aromatic carbocycles. The lowest BCUT2D eigenvalue weighted by molar-refractivity contribution is 1.08. The molecule has 0 unspecified atom stereocenters. The highest BCUT2D eigenvalue weighted by Gasteiger charge is 2.35. The van der Waals surface area contributed by atoms with Gasteiger partial charge in [0.05, 0.1) is 55.7 Å². The van der Waals surface area contributed by atoms with Crippen molar-refractivity contribution in [2.75, 3.05) is 0 Å². The van der Waals surface area contributed by atoms with Gasteiger partial charge in [0.25, 0.3) is 0 Å². The first-order chi connectivity index (χ1) is 38.3. The van der Waals surface area contributed by atoms with Crippen LogP contribution in [0.1, 0.15) is 5.56 Å². The number of nitriles is 1. The van der Waals surface area contributed by atoms with Crippen LogP contribution in [0.25, 0.3) is 170 Å². The minimum Gasteiger partial charge on any atom is -0.307 e. The molecule has 0 amide bonds. The van der Waals surface area contributed by atoms with E-state index in [4.69, 9.17) is 15.0 Å². The Kier molecular flexibility index (Phi) is 7.81. The minimum absolute atomic E-state index is 0.535. The third-order valence-electron chi connectivity index (χ3n) is 16.9. The van der Waals surface area contributed by atoms with Gasteiger partial charge in [-0.3, -0.25) is 14.5 Å². The van der Waals surface area contributed by atoms with E-state index in [1.54, 1.807) is 0 Å². The molecular weight excluding hydrogens is 939 g/mol. The summed E-state index contributed by atoms with van der Waals surface area (Å²) in [7, 11) is 0. The van der Waals surface area contributed by atoms with E-state index in [1.807, 2.05) is 30.7 Å². The predicted octanol–water partition coefficient (Wildman–Crippen LogP) is 17.6. The molecular formula is C70H37N7. The minimum atomic E-state index is 0.535. The van der Waals surface area contributed by atoms with Gasteiger partial charge in [-0.15, -0.1) is 0 Å². The zero-order valence-electron chi connectivity index (χ0n) is 41.0. The summed E-state index contributed by atoms with van der Waals surface area (Å²) in [5.74, 6) is 0. The number of hydrogen-bond donors (Lipinski definition) is 0. The standard InChI is InChI=1S/C70H37N7/c71-38-51-67(75-52-29-10-23-44-47-27-14-35-72-65(47)49-25-12-31-54(75)62(49)59(44)52)57(39-16-3-1-4-17-39)69(77-56-33-9-22-43-41-20-7-8-21-42(41)46-34-37-74-70(77)64(46)61(43)56)58(40-18-5-2-6-19-40)68(51)76-53-30-11-24-45-48-28-15-36-73-66(48)50-26-13-32-55(76)63(50)60(45)53/h1-37H. The summed E-state index contributed by atoms with van der Waals surface area (Å²) in [6.45, 7) is 0. The molecule has 352 valence electrons. The highest BCUT2D eigenvalue weighted by molar-refractivity contribution is 6.37. The predicted molar refractivity (Wildman–Crippen MR) is 317 cm³/mol. The third kappa shape index (κ3) is 5.02. The molecule has 0 radical (unpaired) electrons. The van der Waals surface area contributed by atoms with Crippen LogP contribution in [0.15, 0.2) is 225 Å². The molecule has 0 saturated heterocycles. The number of hydrogen-bond acceptors (Lipinski definition) is 4. The molecule has 77 heavy (non-hydrogen) atoms. The summed E-state index contributed by atoms with van der Waals surface area (Å²) in [6.07, 6.45) is 5.75. The number of rotatable bonds is 5. The van der Waals surface area contributed by atoms with Gasteiger partial charge < -0.3 is 9.13 Å². The van der Waals surface area contributed by atoms with E-state index in [1.165, 1.54) is 16.2 Å². The fraction of sp³-hybridized carbons (Fsp3) is 0. The molecule has 0 saturated carbocycles. The van der Waals surface area contributed by atoms with Crippen LogP contribution in [0, 0.1) is 11.3 Å². The van der Waals surface area contributed by atoms with Gasteiger partial charge in [0, 0.05) is 83.6 Å². The molecule has 0 fully saturated rings. The van der Waals surface area contributed by atoms with Gasteiger partial charge in [-0.1, -0.05) is 158 Å². The van der Waals surface area contributed by atoms with E-state index < -0.39 is 0 Å². The summed E-state index contributed by atoms with van der Waals surface area (Å²) in [5.41, 5.74) is 14.5. The zero-order chi connectivity index (χ0) is 50.2. The SMILES string of the molecule is N#Cc1c(-n2c3cccc4c5cccnc5c5cccc2c5c43)c(-c2ccccc2)c(-n2c3cccc4c5ccccc5c5ccnc2c5c43)c(-c2ccccc2)c1-n1c2cccc3c4cccnc4c4cccc1c4c32. The molecule has 0 aliphatic heterocycles. The number of aromatic nitrogens is 6. The molecule has 18 aromatic rings. The maximum Gasteiger partial charge on any atom is 0.146 e. The normalized spacial score (nSPS) is 12.4. The maximum atomic E-state index is 12.8. The van der Waals surface area contributed by atoms with Crippen molar-refractivity contribution in [1.82, 2.24) is 28.7 Å². The van der Waals surface area contributed by atoms with E-state index in [-0.39, 0.29) is 0 Å². The summed E-state index contributed by atoms with van der Waals surface area (Å²) in [5, 5.41) is 30.8. The van der Waals surface area contributed by atoms with Crippen molar-refractivity contribution in [3.8, 4) is 45.4 Å². The Morgan fingerprint density at radius 3 is 1.14 bits per heavy atom. The number of nitrogens with zero attached hydrogens (tertiary/aromatic N) is 7. The fourth-order valence-electron chi connectivity index (χ4n) is 14.1. The van der Waals surface area contributed by atoms with E-state index in [0.717, 1.165) is 154 Å². The van der Waals surface area contributed by atoms with Gasteiger partial charge in [-0.2, -0.15) is 5.26 Å². The highest BCUT2D eigenvalue weighted by Crippen LogP contribution is 2.55. The van der Waals surface area contributed by atoms with Crippen LogP contribution in [-0.2, 0) is 0 Å². The van der Waals surface area contributed by atoms with Gasteiger partial charge >= 0.3 is 0 Å². The van der Waals surface area contributed by atoms with E-state index in [0.29, 0.717) is 5.56 Å². The van der Waals surface area contributed by atoms with E-state index in [2.05, 4.69) is 214 Å². The smallest absolute Gasteiger partial charge is 0.146 e. The molecule has 7 nitrogen and oxygen atoms in total. The third-order valence-corrected chi connectivity index (χ3v) is 16.9. The van der Waals surface area contributed by atoms with Crippen LogP contribution in [0.3, 0.4) is 0 Å². The molecule has 18 rings (SSSR count). The number of benzene rings is 12. The Balaban J connectivity index is 1.17. The van der Waals surface area contributed by atoms with Crippen molar-refractivity contribution in [3.05, 3.63) is 230 Å². The summed E-state index contributed by atoms with van der Waals surface area (Å²) < 4.78 is 7.25. The van der Waals surface area contributed by atoms with Crippen molar-refractivity contribution in [1.29, 1.82) is 5.26 Å². The fourth-order valence-corrected chi connectivity index (χ4v) is 14.1. The lowest BCUT2D eigenvalue weighted by atomic mass is 9.88. The highest BCUT2D eigenvalue weighted by atomic mass is 15.1. The topological polar surface area (TPSA) is 77.2 Å². The maximum absolute atomic E-state index is 12.8. The van der Waals surface area contributed by atoms with Gasteiger partial charge in [-0.05, 0) is 92.0 Å². The summed E-state index contributed by atoms with van der Waals surface area (Å²) >= 11 is 0. The van der Waals surface area contributed by atoms with Crippen molar-refractivity contribution in [2.45, 2.75) is 0 Å². The van der Waals surface area contributed by atoms with Crippen molar-refractivity contribution >= 4 is 130 Å². The van der Waals surface area contributed by atoms with Crippen molar-refractivity contribution in [3.63, 3.8) is 0 Å². The van der Waals surface area contributed by atoms with Crippen LogP contribution in [0.5, 0.6) is 0 Å². The second-order valence-corrected chi connectivity index (χ2v) is 20.4. The average molecular weight is 976 g/mol. The van der Waals surface area contributed by atoms with E-state index >= 15 is 0 Å². The first kappa shape index (κ1) is 40.8. The molecule has 0 bridgehead atoms. The molecule has 6 heterocycles. The van der Waals surface area contributed by atoms with E-state index in [9.17, 15) is 5.26 Å². The van der Waals surface area contributed by atoms with Crippen LogP contribution >= 0.6 is 0 Å². The van der Waals surface area contributed by atoms with Crippen LogP contribution in [0.4, 0.5) is 0 Å². The molecule has 0 aliphatic rings. The molecule has 0 atom stereocenters. The number of pyridine rings is 3. The summed E-state index contributed by atoms with van der Waals surface area (Å²) in [4.78, 5) is 15.6. The van der Waals surface area contributed by atoms with Gasteiger partial charge in [-0.25, -0.2) is 4.98 Å². The molecule has 0 N–H and O–H groups in total. The Bertz CT molecular complexity index is 5070. The first-order valence-electron chi connectivity index (χ1n) is 26.1. The van der Waals surface area contributed by atoms with Crippen molar-refractivity contribution in [2.24, 2.45) is 0 Å². The van der Waals surface area contributed by atoms with Crippen LogP contribution in [0.2, 0.25) is 0 Å². The summed E-state index contributed by atoms with van der Waals surface area (Å²) in [6, 6.07) is 77.0. The van der Waals surface area contributed by atoms with Gasteiger partial charge in [0.15, 0.2) is 0 Å². The Labute approximate surface area is 438 Å².